The summed E-state index contributed by atoms with van der Waals surface area (Å²) in [4.78, 5) is 21.3. The number of nitro groups is 1. The van der Waals surface area contributed by atoms with Gasteiger partial charge in [0.1, 0.15) is 4.88 Å². The number of thiophene rings is 1. The Morgan fingerprint density at radius 1 is 1.43 bits per heavy atom. The van der Waals surface area contributed by atoms with Gasteiger partial charge in [0.05, 0.1) is 15.5 Å². The highest BCUT2D eigenvalue weighted by atomic mass is 32.1. The molecule has 2 aromatic rings. The molecule has 1 amide bonds. The van der Waals surface area contributed by atoms with Gasteiger partial charge in [0.2, 0.25) is 0 Å². The maximum atomic E-state index is 12.9. The van der Waals surface area contributed by atoms with Crippen LogP contribution in [0.1, 0.15) is 35.3 Å². The normalized spacial score (nSPS) is 11.9. The van der Waals surface area contributed by atoms with Crippen molar-refractivity contribution in [1.29, 1.82) is 0 Å². The number of amides is 1. The minimum Gasteiger partial charge on any atom is -0.365 e. The fraction of sp³-hybridized carbons (Fsp3) is 0.333. The zero-order chi connectivity index (χ0) is 17.5. The van der Waals surface area contributed by atoms with E-state index in [-0.39, 0.29) is 15.4 Å². The van der Waals surface area contributed by atoms with Crippen LogP contribution in [0.2, 0.25) is 0 Å². The smallest absolute Gasteiger partial charge is 0.365 e. The van der Waals surface area contributed by atoms with Crippen molar-refractivity contribution in [3.63, 3.8) is 0 Å². The Hall–Kier alpha value is -2.43. The van der Waals surface area contributed by atoms with E-state index in [1.165, 1.54) is 0 Å². The van der Waals surface area contributed by atoms with Crippen molar-refractivity contribution in [3.05, 3.63) is 32.8 Å². The molecule has 0 aliphatic heterocycles. The number of nitrogens with two attached hydrogens (primary N) is 1. The predicted octanol–water partition coefficient (Wildman–Crippen LogP) is 3.22. The average molecular weight is 348 g/mol. The molecule has 2 heterocycles. The van der Waals surface area contributed by atoms with Gasteiger partial charge in [0, 0.05) is 12.1 Å². The Kier molecular flexibility index (Phi) is 4.16. The van der Waals surface area contributed by atoms with Gasteiger partial charge >= 0.3 is 6.18 Å². The van der Waals surface area contributed by atoms with Gasteiger partial charge < -0.3 is 5.73 Å². The predicted molar refractivity (Wildman–Crippen MR) is 76.1 cm³/mol. The van der Waals surface area contributed by atoms with E-state index in [4.69, 9.17) is 5.73 Å². The molecule has 0 aromatic carbocycles. The zero-order valence-corrected chi connectivity index (χ0v) is 12.7. The van der Waals surface area contributed by atoms with E-state index in [2.05, 4.69) is 5.10 Å². The van der Waals surface area contributed by atoms with Crippen LogP contribution in [-0.4, -0.2) is 20.6 Å². The van der Waals surface area contributed by atoms with E-state index in [1.54, 1.807) is 13.8 Å². The molecule has 0 saturated heterocycles. The van der Waals surface area contributed by atoms with Crippen molar-refractivity contribution in [1.82, 2.24) is 9.78 Å². The van der Waals surface area contributed by atoms with Crippen LogP contribution in [0.15, 0.2) is 12.1 Å². The van der Waals surface area contributed by atoms with E-state index < -0.39 is 34.4 Å². The first-order chi connectivity index (χ1) is 10.5. The fourth-order valence-corrected chi connectivity index (χ4v) is 2.90. The standard InChI is InChI=1S/C12H11F3N4O3S/c1-5(2)18-6(4-9(17-18)12(13,14)15)10-7(19(21)22)3-8(23-10)11(16)20/h3-5H,1-2H3,(H2,16,20). The molecule has 0 spiro atoms. The number of carbonyl (C=O) groups is 1. The minimum atomic E-state index is -4.69. The molecule has 23 heavy (non-hydrogen) atoms. The summed E-state index contributed by atoms with van der Waals surface area (Å²) in [6.07, 6.45) is -4.69. The van der Waals surface area contributed by atoms with Gasteiger partial charge in [-0.05, 0) is 19.9 Å². The van der Waals surface area contributed by atoms with E-state index in [0.717, 1.165) is 16.8 Å². The third-order valence-electron chi connectivity index (χ3n) is 2.90. The Morgan fingerprint density at radius 3 is 2.48 bits per heavy atom. The maximum Gasteiger partial charge on any atom is 0.435 e. The molecule has 7 nitrogen and oxygen atoms in total. The van der Waals surface area contributed by atoms with E-state index in [0.29, 0.717) is 11.3 Å². The number of hydrogen-bond donors (Lipinski definition) is 1. The maximum absolute atomic E-state index is 12.9. The first-order valence-corrected chi connectivity index (χ1v) is 7.09. The Morgan fingerprint density at radius 2 is 2.04 bits per heavy atom. The molecule has 2 rings (SSSR count). The van der Waals surface area contributed by atoms with Gasteiger partial charge in [-0.2, -0.15) is 18.3 Å². The topological polar surface area (TPSA) is 104 Å². The molecule has 0 unspecified atom stereocenters. The van der Waals surface area contributed by atoms with Crippen molar-refractivity contribution < 1.29 is 22.9 Å². The number of aromatic nitrogens is 2. The van der Waals surface area contributed by atoms with Crippen LogP contribution in [0.4, 0.5) is 18.9 Å². The van der Waals surface area contributed by atoms with Gasteiger partial charge in [0.15, 0.2) is 5.69 Å². The van der Waals surface area contributed by atoms with Crippen LogP contribution in [0.5, 0.6) is 0 Å². The van der Waals surface area contributed by atoms with Crippen molar-refractivity contribution in [3.8, 4) is 10.6 Å². The zero-order valence-electron chi connectivity index (χ0n) is 11.9. The molecular formula is C12H11F3N4O3S. The van der Waals surface area contributed by atoms with Gasteiger partial charge in [-0.15, -0.1) is 11.3 Å². The Balaban J connectivity index is 2.72. The number of alkyl halides is 3. The lowest BCUT2D eigenvalue weighted by molar-refractivity contribution is -0.383. The second-order valence-electron chi connectivity index (χ2n) is 4.90. The van der Waals surface area contributed by atoms with Crippen molar-refractivity contribution in [2.24, 2.45) is 5.73 Å². The summed E-state index contributed by atoms with van der Waals surface area (Å²) in [5.41, 5.74) is 3.36. The van der Waals surface area contributed by atoms with Gasteiger partial charge in [0.25, 0.3) is 11.6 Å². The second kappa shape index (κ2) is 5.65. The van der Waals surface area contributed by atoms with Crippen LogP contribution < -0.4 is 5.73 Å². The summed E-state index contributed by atoms with van der Waals surface area (Å²) in [6.45, 7) is 3.18. The average Bonchev–Trinajstić information content (AvgIpc) is 3.02. The summed E-state index contributed by atoms with van der Waals surface area (Å²) in [5.74, 6) is -0.893. The van der Waals surface area contributed by atoms with Crippen LogP contribution in [-0.2, 0) is 6.18 Å². The second-order valence-corrected chi connectivity index (χ2v) is 5.95. The molecule has 2 aromatic heterocycles. The molecule has 0 saturated carbocycles. The molecular weight excluding hydrogens is 337 g/mol. The number of rotatable bonds is 4. The Bertz CT molecular complexity index is 779. The highest BCUT2D eigenvalue weighted by Crippen LogP contribution is 2.41. The molecule has 0 radical (unpaired) electrons. The summed E-state index contributed by atoms with van der Waals surface area (Å²) in [6, 6.07) is 1.21. The molecule has 0 fully saturated rings. The highest BCUT2D eigenvalue weighted by molar-refractivity contribution is 7.18. The van der Waals surface area contributed by atoms with Crippen LogP contribution >= 0.6 is 11.3 Å². The van der Waals surface area contributed by atoms with E-state index >= 15 is 0 Å². The third-order valence-corrected chi connectivity index (χ3v) is 4.06. The van der Waals surface area contributed by atoms with Gasteiger partial charge in [-0.1, -0.05) is 0 Å². The minimum absolute atomic E-state index is 0.0866. The lowest BCUT2D eigenvalue weighted by Crippen LogP contribution is -2.09. The lowest BCUT2D eigenvalue weighted by Gasteiger charge is -2.09. The number of hydrogen-bond acceptors (Lipinski definition) is 5. The number of nitrogens with zero attached hydrogens (tertiary/aromatic N) is 3. The largest absolute Gasteiger partial charge is 0.435 e. The number of primary amides is 1. The summed E-state index contributed by atoms with van der Waals surface area (Å²) >= 11 is 0.660. The van der Waals surface area contributed by atoms with E-state index in [9.17, 15) is 28.1 Å². The monoisotopic (exact) mass is 348 g/mol. The van der Waals surface area contributed by atoms with Gasteiger partial charge in [-0.3, -0.25) is 19.6 Å². The highest BCUT2D eigenvalue weighted by Gasteiger charge is 2.37. The number of carbonyl (C=O) groups excluding carboxylic acids is 1. The van der Waals surface area contributed by atoms with Gasteiger partial charge in [-0.25, -0.2) is 0 Å². The third kappa shape index (κ3) is 3.18. The SMILES string of the molecule is CC(C)n1nc(C(F)(F)F)cc1-c1sc(C(N)=O)cc1[N+](=O)[O-]. The van der Waals surface area contributed by atoms with Crippen molar-refractivity contribution in [2.45, 2.75) is 26.1 Å². The van der Waals surface area contributed by atoms with Crippen LogP contribution in [0, 0.1) is 10.1 Å². The molecule has 124 valence electrons. The van der Waals surface area contributed by atoms with Crippen LogP contribution in [0.25, 0.3) is 10.6 Å². The summed E-state index contributed by atoms with van der Waals surface area (Å²) < 4.78 is 39.7. The van der Waals surface area contributed by atoms with Crippen molar-refractivity contribution in [2.75, 3.05) is 0 Å². The quantitative estimate of drug-likeness (QED) is 0.676. The summed E-state index contributed by atoms with van der Waals surface area (Å²) in [7, 11) is 0. The molecule has 0 atom stereocenters. The van der Waals surface area contributed by atoms with E-state index in [1.807, 2.05) is 0 Å². The molecule has 11 heteroatoms. The lowest BCUT2D eigenvalue weighted by atomic mass is 10.2. The molecule has 2 N–H and O–H groups in total. The molecule has 0 aliphatic rings. The number of halogens is 3. The fourth-order valence-electron chi connectivity index (χ4n) is 1.92. The van der Waals surface area contributed by atoms with Crippen LogP contribution in [0.3, 0.4) is 0 Å². The molecule has 0 bridgehead atoms. The Labute approximate surface area is 131 Å². The first kappa shape index (κ1) is 16.9. The molecule has 0 aliphatic carbocycles. The first-order valence-electron chi connectivity index (χ1n) is 6.27. The summed E-state index contributed by atoms with van der Waals surface area (Å²) in [5, 5.41) is 14.6. The van der Waals surface area contributed by atoms with Crippen molar-refractivity contribution >= 4 is 22.9 Å².